The average molecular weight is 201 g/mol. The summed E-state index contributed by atoms with van der Waals surface area (Å²) in [6.07, 6.45) is 0. The van der Waals surface area contributed by atoms with Gasteiger partial charge in [-0.3, -0.25) is 4.57 Å². The van der Waals surface area contributed by atoms with Crippen molar-refractivity contribution in [3.8, 4) is 0 Å². The average Bonchev–Trinajstić information content (AvgIpc) is 1.85. The van der Waals surface area contributed by atoms with Crippen LogP contribution >= 0.6 is 18.1 Å². The number of hydroxylamine groups is 2. The zero-order chi connectivity index (χ0) is 8.32. The lowest BCUT2D eigenvalue weighted by atomic mass is 10.5. The van der Waals surface area contributed by atoms with E-state index in [-0.39, 0.29) is 0 Å². The molecule has 1 atom stereocenters. The molecule has 1 fully saturated rings. The summed E-state index contributed by atoms with van der Waals surface area (Å²) < 4.78 is 20.5. The van der Waals surface area contributed by atoms with Crippen LogP contribution in [0.4, 0.5) is 0 Å². The molecule has 0 amide bonds. The fourth-order valence-electron chi connectivity index (χ4n) is 0.786. The summed E-state index contributed by atoms with van der Waals surface area (Å²) in [4.78, 5) is 0. The van der Waals surface area contributed by atoms with Crippen LogP contribution in [0.15, 0.2) is 0 Å². The SMILES string of the molecule is NP(=O)(Cl)ON1CCOCC1. The topological polar surface area (TPSA) is 64.8 Å². The van der Waals surface area contributed by atoms with Crippen molar-refractivity contribution in [1.82, 2.24) is 5.06 Å². The largest absolute Gasteiger partial charge is 0.379 e. The van der Waals surface area contributed by atoms with Crippen LogP contribution in [0.25, 0.3) is 0 Å². The second kappa shape index (κ2) is 3.85. The summed E-state index contributed by atoms with van der Waals surface area (Å²) in [6.45, 7) is -1.19. The van der Waals surface area contributed by atoms with Crippen molar-refractivity contribution < 1.29 is 13.9 Å². The van der Waals surface area contributed by atoms with E-state index < -0.39 is 6.87 Å². The van der Waals surface area contributed by atoms with Crippen molar-refractivity contribution in [2.75, 3.05) is 26.3 Å². The van der Waals surface area contributed by atoms with Gasteiger partial charge in [-0.15, -0.1) is 0 Å². The number of halogens is 1. The van der Waals surface area contributed by atoms with Gasteiger partial charge in [0.25, 0.3) is 0 Å². The maximum absolute atomic E-state index is 10.7. The lowest BCUT2D eigenvalue weighted by Gasteiger charge is -2.25. The van der Waals surface area contributed by atoms with Crippen molar-refractivity contribution in [2.45, 2.75) is 0 Å². The molecule has 1 unspecified atom stereocenters. The van der Waals surface area contributed by atoms with E-state index in [9.17, 15) is 4.57 Å². The van der Waals surface area contributed by atoms with Gasteiger partial charge in [0.05, 0.1) is 13.2 Å². The van der Waals surface area contributed by atoms with Crippen molar-refractivity contribution in [3.63, 3.8) is 0 Å². The van der Waals surface area contributed by atoms with Gasteiger partial charge in [0, 0.05) is 13.1 Å². The fourth-order valence-corrected chi connectivity index (χ4v) is 1.53. The maximum atomic E-state index is 10.7. The highest BCUT2D eigenvalue weighted by Crippen LogP contribution is 2.44. The Hall–Kier alpha value is 0.360. The highest BCUT2D eigenvalue weighted by molar-refractivity contribution is 7.83. The Morgan fingerprint density at radius 3 is 2.55 bits per heavy atom. The number of nitrogens with two attached hydrogens (primary N) is 1. The molecule has 1 aliphatic rings. The van der Waals surface area contributed by atoms with E-state index in [1.54, 1.807) is 0 Å². The molecule has 0 radical (unpaired) electrons. The van der Waals surface area contributed by atoms with Gasteiger partial charge in [-0.25, -0.2) is 10.1 Å². The van der Waals surface area contributed by atoms with Crippen LogP contribution < -0.4 is 5.50 Å². The predicted molar refractivity (Wildman–Crippen MR) is 41.1 cm³/mol. The van der Waals surface area contributed by atoms with Gasteiger partial charge in [-0.2, -0.15) is 5.06 Å². The second-order valence-corrected chi connectivity index (χ2v) is 4.76. The summed E-state index contributed by atoms with van der Waals surface area (Å²) in [6, 6.07) is 0. The van der Waals surface area contributed by atoms with Gasteiger partial charge in [-0.05, 0) is 11.2 Å². The molecule has 0 aliphatic carbocycles. The van der Waals surface area contributed by atoms with E-state index in [2.05, 4.69) is 0 Å². The molecule has 66 valence electrons. The van der Waals surface area contributed by atoms with Crippen LogP contribution in [0, 0.1) is 0 Å². The van der Waals surface area contributed by atoms with E-state index in [0.717, 1.165) is 0 Å². The molecular formula is C4H10ClN2O3P. The standard InChI is InChI=1S/C4H10ClN2O3P/c5-11(6,8)10-7-1-3-9-4-2-7/h1-4H2,(H2,6,8). The van der Waals surface area contributed by atoms with E-state index >= 15 is 0 Å². The molecule has 1 heterocycles. The third-order valence-corrected chi connectivity index (χ3v) is 1.84. The Kier molecular flexibility index (Phi) is 3.30. The molecule has 1 aliphatic heterocycles. The highest BCUT2D eigenvalue weighted by atomic mass is 35.7. The van der Waals surface area contributed by atoms with Crippen molar-refractivity contribution in [2.24, 2.45) is 5.50 Å². The first-order chi connectivity index (χ1) is 5.08. The van der Waals surface area contributed by atoms with E-state index in [0.29, 0.717) is 26.3 Å². The van der Waals surface area contributed by atoms with Gasteiger partial charge < -0.3 is 4.74 Å². The Morgan fingerprint density at radius 2 is 2.09 bits per heavy atom. The van der Waals surface area contributed by atoms with Crippen LogP contribution in [-0.2, 0) is 13.9 Å². The molecule has 0 aromatic carbocycles. The van der Waals surface area contributed by atoms with Gasteiger partial charge in [0.1, 0.15) is 0 Å². The zero-order valence-corrected chi connectivity index (χ0v) is 7.55. The van der Waals surface area contributed by atoms with Gasteiger partial charge in [0.15, 0.2) is 0 Å². The summed E-state index contributed by atoms with van der Waals surface area (Å²) in [5, 5.41) is 1.46. The van der Waals surface area contributed by atoms with Gasteiger partial charge >= 0.3 is 6.87 Å². The number of ether oxygens (including phenoxy) is 1. The van der Waals surface area contributed by atoms with E-state index in [1.165, 1.54) is 5.06 Å². The molecule has 0 aromatic heterocycles. The minimum Gasteiger partial charge on any atom is -0.379 e. The molecule has 7 heteroatoms. The molecule has 0 aromatic rings. The minimum absolute atomic E-state index is 0.550. The Balaban J connectivity index is 2.30. The quantitative estimate of drug-likeness (QED) is 0.660. The number of hydrogen-bond acceptors (Lipinski definition) is 4. The first-order valence-corrected chi connectivity index (χ1v) is 5.78. The number of hydrogen-bond donors (Lipinski definition) is 1. The fraction of sp³-hybridized carbons (Fsp3) is 1.00. The third-order valence-electron chi connectivity index (χ3n) is 1.20. The molecule has 1 saturated heterocycles. The molecule has 5 nitrogen and oxygen atoms in total. The number of morpholine rings is 1. The number of nitrogens with zero attached hydrogens (tertiary/aromatic N) is 1. The van der Waals surface area contributed by atoms with Gasteiger partial charge in [0.2, 0.25) is 0 Å². The predicted octanol–water partition coefficient (Wildman–Crippen LogP) is 0.556. The summed E-state index contributed by atoms with van der Waals surface area (Å²) in [7, 11) is 0. The van der Waals surface area contributed by atoms with Crippen molar-refractivity contribution >= 4 is 18.1 Å². The zero-order valence-electron chi connectivity index (χ0n) is 5.90. The summed E-state index contributed by atoms with van der Waals surface area (Å²) in [5.41, 5.74) is 4.98. The van der Waals surface area contributed by atoms with Crippen LogP contribution in [0.3, 0.4) is 0 Å². The van der Waals surface area contributed by atoms with Crippen molar-refractivity contribution in [1.29, 1.82) is 0 Å². The molecular weight excluding hydrogens is 190 g/mol. The van der Waals surface area contributed by atoms with Crippen molar-refractivity contribution in [3.05, 3.63) is 0 Å². The molecule has 0 spiro atoms. The van der Waals surface area contributed by atoms with Crippen LogP contribution in [-0.4, -0.2) is 31.4 Å². The Bertz CT molecular complexity index is 167. The molecule has 11 heavy (non-hydrogen) atoms. The molecule has 1 rings (SSSR count). The second-order valence-electron chi connectivity index (χ2n) is 2.14. The lowest BCUT2D eigenvalue weighted by Crippen LogP contribution is -2.35. The molecule has 2 N–H and O–H groups in total. The smallest absolute Gasteiger partial charge is 0.374 e. The Labute approximate surface area is 69.6 Å². The highest BCUT2D eigenvalue weighted by Gasteiger charge is 2.20. The first-order valence-electron chi connectivity index (χ1n) is 3.18. The summed E-state index contributed by atoms with van der Waals surface area (Å²) >= 11 is 5.20. The minimum atomic E-state index is -3.39. The van der Waals surface area contributed by atoms with E-state index in [4.69, 9.17) is 26.1 Å². The Morgan fingerprint density at radius 1 is 1.55 bits per heavy atom. The summed E-state index contributed by atoms with van der Waals surface area (Å²) in [5.74, 6) is 0. The van der Waals surface area contributed by atoms with Crippen LogP contribution in [0.2, 0.25) is 0 Å². The molecule has 0 bridgehead atoms. The normalized spacial score (nSPS) is 26.4. The van der Waals surface area contributed by atoms with E-state index in [1.807, 2.05) is 0 Å². The van der Waals surface area contributed by atoms with Gasteiger partial charge in [-0.1, -0.05) is 0 Å². The van der Waals surface area contributed by atoms with Crippen LogP contribution in [0.5, 0.6) is 0 Å². The third kappa shape index (κ3) is 4.06. The lowest BCUT2D eigenvalue weighted by molar-refractivity contribution is -0.114. The monoisotopic (exact) mass is 200 g/mol. The maximum Gasteiger partial charge on any atom is 0.374 e. The van der Waals surface area contributed by atoms with Crippen LogP contribution in [0.1, 0.15) is 0 Å². The first kappa shape index (κ1) is 9.45. The number of rotatable bonds is 2. The molecule has 0 saturated carbocycles.